The Bertz CT molecular complexity index is 1040. The predicted octanol–water partition coefficient (Wildman–Crippen LogP) is 1.94. The zero-order valence-electron chi connectivity index (χ0n) is 16.6. The molecule has 3 atom stereocenters. The summed E-state index contributed by atoms with van der Waals surface area (Å²) in [4.78, 5) is 39.1. The Morgan fingerprint density at radius 2 is 1.97 bits per heavy atom. The van der Waals surface area contributed by atoms with Crippen LogP contribution in [0, 0.1) is 0 Å². The lowest BCUT2D eigenvalue weighted by atomic mass is 10.2. The number of rotatable bonds is 6. The number of hydrogen-bond donors (Lipinski definition) is 3. The number of anilines is 2. The van der Waals surface area contributed by atoms with Crippen LogP contribution in [0.15, 0.2) is 33.7 Å². The predicted molar refractivity (Wildman–Crippen MR) is 110 cm³/mol. The zero-order valence-corrected chi connectivity index (χ0v) is 18.2. The Hall–Kier alpha value is -3.12. The molecule has 0 aliphatic carbocycles. The first kappa shape index (κ1) is 22.6. The molecule has 1 aliphatic heterocycles. The molecule has 0 amide bonds. The van der Waals surface area contributed by atoms with E-state index in [1.54, 1.807) is 0 Å². The first-order valence-electron chi connectivity index (χ1n) is 9.18. The van der Waals surface area contributed by atoms with Gasteiger partial charge in [0.2, 0.25) is 0 Å². The lowest BCUT2D eigenvalue weighted by Gasteiger charge is -2.18. The number of nitrogens with zero attached hydrogens (tertiary/aromatic N) is 2. The molecule has 3 N–H and O–H groups in total. The quantitative estimate of drug-likeness (QED) is 0.399. The molecular formula is C19H20BrN3O8. The number of aromatic hydroxyl groups is 2. The molecule has 11 nitrogen and oxygen atoms in total. The highest BCUT2D eigenvalue weighted by molar-refractivity contribution is 9.10. The van der Waals surface area contributed by atoms with Crippen LogP contribution in [0.2, 0.25) is 0 Å². The highest BCUT2D eigenvalue weighted by Gasteiger charge is 2.39. The van der Waals surface area contributed by atoms with Gasteiger partial charge in [-0.25, -0.2) is 4.79 Å². The molecule has 2 heterocycles. The second-order valence-corrected chi connectivity index (χ2v) is 7.59. The van der Waals surface area contributed by atoms with Crippen molar-refractivity contribution in [3.05, 3.63) is 39.4 Å². The van der Waals surface area contributed by atoms with E-state index in [-0.39, 0.29) is 36.0 Å². The van der Waals surface area contributed by atoms with Crippen molar-refractivity contribution in [3.8, 4) is 11.5 Å². The third-order valence-electron chi connectivity index (χ3n) is 4.43. The van der Waals surface area contributed by atoms with Gasteiger partial charge in [-0.05, 0) is 28.1 Å². The van der Waals surface area contributed by atoms with Crippen molar-refractivity contribution < 1.29 is 34.0 Å². The number of nitrogens with one attached hydrogen (secondary N) is 1. The summed E-state index contributed by atoms with van der Waals surface area (Å²) in [5, 5.41) is 22.5. The second-order valence-electron chi connectivity index (χ2n) is 6.74. The molecule has 1 saturated heterocycles. The minimum Gasteiger partial charge on any atom is -0.506 e. The number of esters is 2. The number of aromatic nitrogens is 2. The van der Waals surface area contributed by atoms with Crippen LogP contribution in [0.3, 0.4) is 0 Å². The zero-order chi connectivity index (χ0) is 22.7. The Morgan fingerprint density at radius 3 is 2.58 bits per heavy atom. The summed E-state index contributed by atoms with van der Waals surface area (Å²) in [5.41, 5.74) is -0.707. The number of benzene rings is 1. The minimum absolute atomic E-state index is 0.0127. The first-order valence-corrected chi connectivity index (χ1v) is 9.97. The molecule has 0 saturated carbocycles. The Kier molecular flexibility index (Phi) is 6.81. The second kappa shape index (κ2) is 9.35. The summed E-state index contributed by atoms with van der Waals surface area (Å²) in [6.07, 6.45) is -0.734. The van der Waals surface area contributed by atoms with E-state index < -0.39 is 36.1 Å². The molecule has 0 bridgehead atoms. The summed E-state index contributed by atoms with van der Waals surface area (Å²) in [6, 6.07) is 4.18. The summed E-state index contributed by atoms with van der Waals surface area (Å²) >= 11 is 3.30. The molecule has 3 rings (SSSR count). The maximum atomic E-state index is 12.6. The van der Waals surface area contributed by atoms with E-state index in [9.17, 15) is 24.6 Å². The maximum absolute atomic E-state index is 12.6. The van der Waals surface area contributed by atoms with Gasteiger partial charge in [0, 0.05) is 26.5 Å². The normalized spacial score (nSPS) is 20.3. The summed E-state index contributed by atoms with van der Waals surface area (Å²) in [5.74, 6) is -1.44. The van der Waals surface area contributed by atoms with Gasteiger partial charge in [-0.2, -0.15) is 4.98 Å². The molecule has 2 aromatic rings. The Labute approximate surface area is 184 Å². The number of hydrogen-bond acceptors (Lipinski definition) is 10. The standard InChI is InChI=1S/C19H20BrN3O8/c1-9(24)29-8-15-14(30-10(2)25)6-16(31-15)23-7-11(20)18(22-19(23)28)21-17-12(26)4-3-5-13(17)27/h3-5,7,14-16,26-27H,6,8H2,1-2H3,(H,21,22,28)/t14?,15-,16-/m1/s1. The molecule has 1 fully saturated rings. The van der Waals surface area contributed by atoms with Gasteiger partial charge in [0.25, 0.3) is 0 Å². The highest BCUT2D eigenvalue weighted by Crippen LogP contribution is 2.36. The third kappa shape index (κ3) is 5.33. The van der Waals surface area contributed by atoms with Crippen LogP contribution >= 0.6 is 15.9 Å². The van der Waals surface area contributed by atoms with Crippen LogP contribution in [0.4, 0.5) is 11.5 Å². The number of ether oxygens (including phenoxy) is 3. The van der Waals surface area contributed by atoms with Crippen molar-refractivity contribution in [1.82, 2.24) is 9.55 Å². The molecule has 1 aromatic carbocycles. The van der Waals surface area contributed by atoms with E-state index in [0.717, 1.165) is 0 Å². The van der Waals surface area contributed by atoms with Gasteiger partial charge in [-0.3, -0.25) is 14.2 Å². The lowest BCUT2D eigenvalue weighted by molar-refractivity contribution is -0.155. The fraction of sp³-hybridized carbons (Fsp3) is 0.368. The number of phenols is 2. The van der Waals surface area contributed by atoms with Gasteiger partial charge in [0.15, 0.2) is 5.82 Å². The summed E-state index contributed by atoms with van der Waals surface area (Å²) < 4.78 is 17.5. The van der Waals surface area contributed by atoms with Crippen LogP contribution in [0.5, 0.6) is 11.5 Å². The average Bonchev–Trinajstić information content (AvgIpc) is 3.07. The average molecular weight is 498 g/mol. The molecule has 1 unspecified atom stereocenters. The topological polar surface area (TPSA) is 149 Å². The van der Waals surface area contributed by atoms with E-state index >= 15 is 0 Å². The molecule has 1 aliphatic rings. The number of carbonyl (C=O) groups excluding carboxylic acids is 2. The van der Waals surface area contributed by atoms with Crippen molar-refractivity contribution in [2.75, 3.05) is 11.9 Å². The minimum atomic E-state index is -0.825. The van der Waals surface area contributed by atoms with E-state index in [0.29, 0.717) is 4.47 Å². The van der Waals surface area contributed by atoms with Crippen LogP contribution < -0.4 is 11.0 Å². The fourth-order valence-electron chi connectivity index (χ4n) is 3.07. The highest BCUT2D eigenvalue weighted by atomic mass is 79.9. The van der Waals surface area contributed by atoms with Crippen molar-refractivity contribution in [1.29, 1.82) is 0 Å². The van der Waals surface area contributed by atoms with Crippen molar-refractivity contribution in [2.24, 2.45) is 0 Å². The number of halogens is 1. The van der Waals surface area contributed by atoms with Gasteiger partial charge < -0.3 is 29.7 Å². The van der Waals surface area contributed by atoms with Crippen LogP contribution in [0.25, 0.3) is 0 Å². The largest absolute Gasteiger partial charge is 0.506 e. The third-order valence-corrected chi connectivity index (χ3v) is 5.01. The van der Waals surface area contributed by atoms with Crippen molar-refractivity contribution >= 4 is 39.4 Å². The summed E-state index contributed by atoms with van der Waals surface area (Å²) in [7, 11) is 0. The lowest BCUT2D eigenvalue weighted by Crippen LogP contribution is -2.31. The molecule has 0 radical (unpaired) electrons. The SMILES string of the molecule is CC(=O)OC[C@H]1O[C@@H](n2cc(Br)c(Nc3c(O)cccc3O)nc2=O)CC1OC(C)=O. The molecule has 1 aromatic heterocycles. The molecule has 166 valence electrons. The maximum Gasteiger partial charge on any atom is 0.351 e. The number of phenolic OH excluding ortho intramolecular Hbond substituents is 2. The number of para-hydroxylation sites is 1. The molecular weight excluding hydrogens is 478 g/mol. The monoisotopic (exact) mass is 497 g/mol. The molecule has 0 spiro atoms. The molecule has 12 heteroatoms. The van der Waals surface area contributed by atoms with Gasteiger partial charge in [-0.1, -0.05) is 6.07 Å². The van der Waals surface area contributed by atoms with E-state index in [1.165, 1.54) is 42.8 Å². The van der Waals surface area contributed by atoms with Crippen molar-refractivity contribution in [2.45, 2.75) is 38.7 Å². The van der Waals surface area contributed by atoms with Gasteiger partial charge in [-0.15, -0.1) is 0 Å². The Morgan fingerprint density at radius 1 is 1.29 bits per heavy atom. The van der Waals surface area contributed by atoms with Crippen LogP contribution in [-0.4, -0.2) is 50.5 Å². The van der Waals surface area contributed by atoms with E-state index in [2.05, 4.69) is 26.2 Å². The van der Waals surface area contributed by atoms with Crippen molar-refractivity contribution in [3.63, 3.8) is 0 Å². The first-order chi connectivity index (χ1) is 14.7. The van der Waals surface area contributed by atoms with Gasteiger partial charge in [0.1, 0.15) is 42.2 Å². The van der Waals surface area contributed by atoms with Gasteiger partial charge in [0.05, 0.1) is 4.47 Å². The van der Waals surface area contributed by atoms with E-state index in [4.69, 9.17) is 14.2 Å². The smallest absolute Gasteiger partial charge is 0.351 e. The van der Waals surface area contributed by atoms with Gasteiger partial charge >= 0.3 is 17.6 Å². The molecule has 31 heavy (non-hydrogen) atoms. The number of carbonyl (C=O) groups is 2. The van der Waals surface area contributed by atoms with Crippen LogP contribution in [0.1, 0.15) is 26.5 Å². The Balaban J connectivity index is 1.84. The fourth-order valence-corrected chi connectivity index (χ4v) is 3.48. The van der Waals surface area contributed by atoms with Crippen LogP contribution in [-0.2, 0) is 23.8 Å². The van der Waals surface area contributed by atoms with E-state index in [1.807, 2.05) is 0 Å². The summed E-state index contributed by atoms with van der Waals surface area (Å²) in [6.45, 7) is 2.35.